The van der Waals surface area contributed by atoms with Crippen LogP contribution >= 0.6 is 0 Å². The maximum Gasteiger partial charge on any atom is 0.408 e. The van der Waals surface area contributed by atoms with Gasteiger partial charge in [-0.2, -0.15) is 5.26 Å². The van der Waals surface area contributed by atoms with Crippen molar-refractivity contribution in [3.8, 4) is 6.07 Å². The summed E-state index contributed by atoms with van der Waals surface area (Å²) in [5.74, 6) is -1.23. The molecule has 0 aromatic carbocycles. The summed E-state index contributed by atoms with van der Waals surface area (Å²) >= 11 is 0. The van der Waals surface area contributed by atoms with Crippen molar-refractivity contribution in [1.82, 2.24) is 5.32 Å². The van der Waals surface area contributed by atoms with Crippen LogP contribution in [0, 0.1) is 11.3 Å². The highest BCUT2D eigenvalue weighted by Gasteiger charge is 2.33. The van der Waals surface area contributed by atoms with Gasteiger partial charge in [0, 0.05) is 0 Å². The molecule has 0 saturated carbocycles. The number of hydrogen-bond acceptors (Lipinski definition) is 4. The molecular formula is C12H18N2O4. The number of carboxylic acid groups (broad SMARTS) is 1. The topological polar surface area (TPSA) is 99.4 Å². The summed E-state index contributed by atoms with van der Waals surface area (Å²) in [5, 5.41) is 19.7. The predicted molar refractivity (Wildman–Crippen MR) is 64.8 cm³/mol. The van der Waals surface area contributed by atoms with Gasteiger partial charge >= 0.3 is 12.1 Å². The molecule has 0 aromatic heterocycles. The van der Waals surface area contributed by atoms with Gasteiger partial charge in [-0.25, -0.2) is 9.59 Å². The Morgan fingerprint density at radius 1 is 1.39 bits per heavy atom. The van der Waals surface area contributed by atoms with Crippen LogP contribution in [0.1, 0.15) is 34.1 Å². The number of nitrogens with one attached hydrogen (secondary N) is 1. The fourth-order valence-corrected chi connectivity index (χ4v) is 1.03. The maximum absolute atomic E-state index is 11.5. The Balaban J connectivity index is 4.78. The normalized spacial score (nSPS) is 14.6. The van der Waals surface area contributed by atoms with Crippen LogP contribution in [-0.4, -0.2) is 28.3 Å². The molecule has 0 aromatic rings. The third-order valence-electron chi connectivity index (χ3n) is 1.87. The minimum absolute atomic E-state index is 0.0683. The molecule has 0 fully saturated rings. The van der Waals surface area contributed by atoms with Crippen molar-refractivity contribution in [3.63, 3.8) is 0 Å². The molecule has 1 amide bonds. The van der Waals surface area contributed by atoms with E-state index >= 15 is 0 Å². The Hall–Kier alpha value is -2.03. The van der Waals surface area contributed by atoms with Crippen LogP contribution in [0.3, 0.4) is 0 Å². The summed E-state index contributed by atoms with van der Waals surface area (Å²) in [4.78, 5) is 22.6. The first-order valence-corrected chi connectivity index (χ1v) is 5.40. The van der Waals surface area contributed by atoms with Crippen molar-refractivity contribution in [2.45, 2.75) is 45.3 Å². The third kappa shape index (κ3) is 5.89. The number of carbonyl (C=O) groups excluding carboxylic acids is 1. The molecule has 0 heterocycles. The molecule has 2 N–H and O–H groups in total. The zero-order valence-corrected chi connectivity index (χ0v) is 11.0. The first kappa shape index (κ1) is 16.0. The molecule has 6 heteroatoms. The van der Waals surface area contributed by atoms with Gasteiger partial charge in [-0.3, -0.25) is 0 Å². The minimum atomic E-state index is -1.60. The zero-order chi connectivity index (χ0) is 14.4. The van der Waals surface area contributed by atoms with Gasteiger partial charge in [0.2, 0.25) is 0 Å². The molecule has 0 aliphatic heterocycles. The van der Waals surface area contributed by atoms with Gasteiger partial charge in [-0.1, -0.05) is 12.2 Å². The molecule has 0 rings (SSSR count). The monoisotopic (exact) mass is 254 g/mol. The number of hydrogen-bond donors (Lipinski definition) is 2. The number of aliphatic carboxylic acids is 1. The van der Waals surface area contributed by atoms with E-state index in [0.29, 0.717) is 0 Å². The fraction of sp³-hybridized carbons (Fsp3) is 0.583. The second-order valence-electron chi connectivity index (χ2n) is 4.90. The number of alkyl carbamates (subject to hydrolysis) is 1. The molecule has 100 valence electrons. The van der Waals surface area contributed by atoms with Gasteiger partial charge in [0.15, 0.2) is 5.54 Å². The molecule has 6 nitrogen and oxygen atoms in total. The van der Waals surface area contributed by atoms with Crippen molar-refractivity contribution in [2.75, 3.05) is 0 Å². The number of allylic oxidation sites excluding steroid dienone is 1. The van der Waals surface area contributed by atoms with Crippen LogP contribution in [0.25, 0.3) is 0 Å². The van der Waals surface area contributed by atoms with E-state index in [4.69, 9.17) is 15.1 Å². The first-order valence-electron chi connectivity index (χ1n) is 5.40. The van der Waals surface area contributed by atoms with E-state index in [-0.39, 0.29) is 6.42 Å². The molecular weight excluding hydrogens is 236 g/mol. The molecule has 0 spiro atoms. The van der Waals surface area contributed by atoms with Crippen LogP contribution in [0.15, 0.2) is 12.2 Å². The molecule has 0 radical (unpaired) electrons. The summed E-state index contributed by atoms with van der Waals surface area (Å²) in [6.07, 6.45) is 1.88. The summed E-state index contributed by atoms with van der Waals surface area (Å²) in [6.45, 7) is 6.34. The summed E-state index contributed by atoms with van der Waals surface area (Å²) in [7, 11) is 0. The lowest BCUT2D eigenvalue weighted by atomic mass is 10.0. The summed E-state index contributed by atoms with van der Waals surface area (Å²) < 4.78 is 4.98. The Morgan fingerprint density at radius 3 is 2.33 bits per heavy atom. The SMILES string of the molecule is CC(C)(C)OC(=O)NC(C)(/C=C/CC#N)C(=O)O. The van der Waals surface area contributed by atoms with Gasteiger partial charge in [-0.05, 0) is 27.7 Å². The molecule has 1 atom stereocenters. The second kappa shape index (κ2) is 6.05. The quantitative estimate of drug-likeness (QED) is 0.745. The lowest BCUT2D eigenvalue weighted by molar-refractivity contribution is -0.142. The standard InChI is InChI=1S/C12H18N2O4/c1-11(2,3)18-10(17)14-12(4,9(15)16)7-5-6-8-13/h5,7H,6H2,1-4H3,(H,14,17)(H,15,16)/b7-5+. The van der Waals surface area contributed by atoms with Crippen LogP contribution in [-0.2, 0) is 9.53 Å². The summed E-state index contributed by atoms with van der Waals surface area (Å²) in [5.41, 5.74) is -2.31. The van der Waals surface area contributed by atoms with Crippen molar-refractivity contribution in [1.29, 1.82) is 5.26 Å². The number of nitriles is 1. The highest BCUT2D eigenvalue weighted by atomic mass is 16.6. The van der Waals surface area contributed by atoms with Gasteiger partial charge < -0.3 is 15.2 Å². The maximum atomic E-state index is 11.5. The average molecular weight is 254 g/mol. The number of ether oxygens (including phenoxy) is 1. The highest BCUT2D eigenvalue weighted by Crippen LogP contribution is 2.11. The molecule has 0 bridgehead atoms. The van der Waals surface area contributed by atoms with Crippen LogP contribution in [0.5, 0.6) is 0 Å². The van der Waals surface area contributed by atoms with Crippen LogP contribution in [0.4, 0.5) is 4.79 Å². The van der Waals surface area contributed by atoms with Crippen molar-refractivity contribution >= 4 is 12.1 Å². The Bertz CT molecular complexity index is 390. The van der Waals surface area contributed by atoms with Gasteiger partial charge in [-0.15, -0.1) is 0 Å². The van der Waals surface area contributed by atoms with E-state index in [2.05, 4.69) is 5.32 Å². The highest BCUT2D eigenvalue weighted by molar-refractivity contribution is 5.86. The lowest BCUT2D eigenvalue weighted by Gasteiger charge is -2.26. The largest absolute Gasteiger partial charge is 0.479 e. The average Bonchev–Trinajstić information content (AvgIpc) is 2.14. The second-order valence-corrected chi connectivity index (χ2v) is 4.90. The molecule has 0 aliphatic carbocycles. The molecule has 18 heavy (non-hydrogen) atoms. The molecule has 1 unspecified atom stereocenters. The van der Waals surface area contributed by atoms with Gasteiger partial charge in [0.05, 0.1) is 12.5 Å². The van der Waals surface area contributed by atoms with Crippen molar-refractivity contribution in [2.24, 2.45) is 0 Å². The zero-order valence-electron chi connectivity index (χ0n) is 11.0. The summed E-state index contributed by atoms with van der Waals surface area (Å²) in [6, 6.07) is 1.85. The number of rotatable bonds is 4. The van der Waals surface area contributed by atoms with Crippen molar-refractivity contribution in [3.05, 3.63) is 12.2 Å². The lowest BCUT2D eigenvalue weighted by Crippen LogP contribution is -2.52. The van der Waals surface area contributed by atoms with Crippen LogP contribution < -0.4 is 5.32 Å². The van der Waals surface area contributed by atoms with E-state index in [0.717, 1.165) is 0 Å². The minimum Gasteiger partial charge on any atom is -0.479 e. The Morgan fingerprint density at radius 2 is 1.94 bits per heavy atom. The number of carboxylic acids is 1. The van der Waals surface area contributed by atoms with E-state index in [9.17, 15) is 9.59 Å². The smallest absolute Gasteiger partial charge is 0.408 e. The van der Waals surface area contributed by atoms with E-state index < -0.39 is 23.2 Å². The van der Waals surface area contributed by atoms with Crippen molar-refractivity contribution < 1.29 is 19.4 Å². The van der Waals surface area contributed by atoms with E-state index in [1.54, 1.807) is 20.8 Å². The first-order chi connectivity index (χ1) is 8.10. The Kier molecular flexibility index (Phi) is 5.37. The van der Waals surface area contributed by atoms with Gasteiger partial charge in [0.1, 0.15) is 5.60 Å². The predicted octanol–water partition coefficient (Wildman–Crippen LogP) is 1.82. The number of carbonyl (C=O) groups is 2. The van der Waals surface area contributed by atoms with Crippen LogP contribution in [0.2, 0.25) is 0 Å². The van der Waals surface area contributed by atoms with Gasteiger partial charge in [0.25, 0.3) is 0 Å². The molecule has 0 saturated heterocycles. The Labute approximate surface area is 106 Å². The van der Waals surface area contributed by atoms with E-state index in [1.807, 2.05) is 6.07 Å². The number of amides is 1. The van der Waals surface area contributed by atoms with E-state index in [1.165, 1.54) is 19.1 Å². The third-order valence-corrected chi connectivity index (χ3v) is 1.87. The fourth-order valence-electron chi connectivity index (χ4n) is 1.03. The molecule has 0 aliphatic rings. The number of nitrogens with zero attached hydrogens (tertiary/aromatic N) is 1.